The van der Waals surface area contributed by atoms with Crippen molar-refractivity contribution >= 4 is 18.0 Å². The molecule has 1 amide bonds. The fraction of sp³-hybridized carbons (Fsp3) is 0.167. The third-order valence-corrected chi connectivity index (χ3v) is 3.06. The number of amides is 1. The van der Waals surface area contributed by atoms with Crippen LogP contribution >= 0.6 is 0 Å². The Morgan fingerprint density at radius 1 is 1.17 bits per heavy atom. The second-order valence-electron chi connectivity index (χ2n) is 4.81. The van der Waals surface area contributed by atoms with Gasteiger partial charge in [0.2, 0.25) is 5.91 Å². The van der Waals surface area contributed by atoms with E-state index < -0.39 is 5.97 Å². The molecule has 1 aromatic carbocycles. The van der Waals surface area contributed by atoms with Crippen molar-refractivity contribution in [2.45, 2.75) is 6.54 Å². The zero-order valence-corrected chi connectivity index (χ0v) is 13.3. The summed E-state index contributed by atoms with van der Waals surface area (Å²) in [5.74, 6) is -0.0904. The highest BCUT2D eigenvalue weighted by molar-refractivity contribution is 5.91. The van der Waals surface area contributed by atoms with E-state index >= 15 is 0 Å². The molecule has 0 bridgehead atoms. The van der Waals surface area contributed by atoms with Gasteiger partial charge in [-0.05, 0) is 35.9 Å². The van der Waals surface area contributed by atoms with Gasteiger partial charge in [-0.3, -0.25) is 9.78 Å². The summed E-state index contributed by atoms with van der Waals surface area (Å²) in [6.45, 7) is 0.242. The minimum absolute atomic E-state index is 0.137. The predicted octanol–water partition coefficient (Wildman–Crippen LogP) is 1.96. The predicted molar refractivity (Wildman–Crippen MR) is 89.1 cm³/mol. The summed E-state index contributed by atoms with van der Waals surface area (Å²) < 4.78 is 9.73. The molecule has 6 nitrogen and oxygen atoms in total. The van der Waals surface area contributed by atoms with E-state index in [1.807, 2.05) is 18.2 Å². The fourth-order valence-corrected chi connectivity index (χ4v) is 1.79. The van der Waals surface area contributed by atoms with E-state index in [1.165, 1.54) is 13.2 Å². The zero-order chi connectivity index (χ0) is 17.2. The summed E-state index contributed by atoms with van der Waals surface area (Å²) in [4.78, 5) is 26.9. The number of aromatic nitrogens is 1. The SMILES string of the molecule is COC(=O)COc1ccc(C=CC(=O)NCc2ccccn2)cc1. The van der Waals surface area contributed by atoms with Crippen LogP contribution in [-0.4, -0.2) is 30.6 Å². The second-order valence-corrected chi connectivity index (χ2v) is 4.81. The number of ether oxygens (including phenoxy) is 2. The maximum Gasteiger partial charge on any atom is 0.343 e. The number of hydrogen-bond acceptors (Lipinski definition) is 5. The van der Waals surface area contributed by atoms with Crippen molar-refractivity contribution in [3.05, 3.63) is 66.0 Å². The van der Waals surface area contributed by atoms with Crippen LogP contribution in [0.2, 0.25) is 0 Å². The van der Waals surface area contributed by atoms with Crippen LogP contribution in [-0.2, 0) is 20.9 Å². The molecule has 0 unspecified atom stereocenters. The standard InChI is InChI=1S/C18H18N2O4/c1-23-18(22)13-24-16-8-5-14(6-9-16)7-10-17(21)20-12-15-4-2-3-11-19-15/h2-11H,12-13H2,1H3,(H,20,21). The van der Waals surface area contributed by atoms with Crippen LogP contribution in [0.25, 0.3) is 6.08 Å². The lowest BCUT2D eigenvalue weighted by molar-refractivity contribution is -0.142. The molecule has 1 aromatic heterocycles. The van der Waals surface area contributed by atoms with Crippen molar-refractivity contribution in [1.29, 1.82) is 0 Å². The van der Waals surface area contributed by atoms with Gasteiger partial charge in [-0.15, -0.1) is 0 Å². The van der Waals surface area contributed by atoms with Gasteiger partial charge in [0.15, 0.2) is 6.61 Å². The van der Waals surface area contributed by atoms with Crippen LogP contribution in [0.5, 0.6) is 5.75 Å². The Morgan fingerprint density at radius 2 is 1.96 bits per heavy atom. The topological polar surface area (TPSA) is 77.5 Å². The normalized spacial score (nSPS) is 10.4. The molecule has 6 heteroatoms. The Bertz CT molecular complexity index is 697. The van der Waals surface area contributed by atoms with Gasteiger partial charge in [-0.2, -0.15) is 0 Å². The molecular formula is C18H18N2O4. The molecule has 0 radical (unpaired) electrons. The average Bonchev–Trinajstić information content (AvgIpc) is 2.64. The molecule has 0 aliphatic heterocycles. The Kier molecular flexibility index (Phi) is 6.52. The number of rotatable bonds is 7. The third kappa shape index (κ3) is 5.92. The van der Waals surface area contributed by atoms with Gasteiger partial charge < -0.3 is 14.8 Å². The number of nitrogens with one attached hydrogen (secondary N) is 1. The van der Waals surface area contributed by atoms with E-state index in [0.717, 1.165) is 11.3 Å². The smallest absolute Gasteiger partial charge is 0.343 e. The van der Waals surface area contributed by atoms with Crippen LogP contribution in [0.4, 0.5) is 0 Å². The van der Waals surface area contributed by atoms with E-state index in [4.69, 9.17) is 4.74 Å². The molecule has 24 heavy (non-hydrogen) atoms. The largest absolute Gasteiger partial charge is 0.482 e. The molecule has 0 aliphatic carbocycles. The lowest BCUT2D eigenvalue weighted by Crippen LogP contribution is -2.20. The molecule has 124 valence electrons. The first-order chi connectivity index (χ1) is 11.7. The minimum Gasteiger partial charge on any atom is -0.482 e. The maximum atomic E-state index is 11.8. The Labute approximate surface area is 140 Å². The van der Waals surface area contributed by atoms with E-state index in [2.05, 4.69) is 15.0 Å². The van der Waals surface area contributed by atoms with Crippen molar-refractivity contribution in [3.8, 4) is 5.75 Å². The number of carbonyl (C=O) groups excluding carboxylic acids is 2. The first-order valence-electron chi connectivity index (χ1n) is 7.33. The third-order valence-electron chi connectivity index (χ3n) is 3.06. The molecule has 1 heterocycles. The van der Waals surface area contributed by atoms with Gasteiger partial charge in [0.25, 0.3) is 0 Å². The molecule has 0 saturated heterocycles. The summed E-state index contributed by atoms with van der Waals surface area (Å²) in [6, 6.07) is 12.5. The van der Waals surface area contributed by atoms with E-state index in [-0.39, 0.29) is 12.5 Å². The zero-order valence-electron chi connectivity index (χ0n) is 13.3. The number of methoxy groups -OCH3 is 1. The number of pyridine rings is 1. The Hall–Kier alpha value is -3.15. The summed E-state index contributed by atoms with van der Waals surface area (Å²) in [6.07, 6.45) is 4.83. The van der Waals surface area contributed by atoms with Crippen molar-refractivity contribution in [2.75, 3.05) is 13.7 Å². The molecule has 0 saturated carbocycles. The van der Waals surface area contributed by atoms with Gasteiger partial charge in [0.1, 0.15) is 5.75 Å². The average molecular weight is 326 g/mol. The van der Waals surface area contributed by atoms with Gasteiger partial charge in [-0.1, -0.05) is 18.2 Å². The van der Waals surface area contributed by atoms with Gasteiger partial charge >= 0.3 is 5.97 Å². The number of benzene rings is 1. The van der Waals surface area contributed by atoms with Crippen LogP contribution in [0.15, 0.2) is 54.7 Å². The number of esters is 1. The molecule has 2 rings (SSSR count). The highest BCUT2D eigenvalue weighted by atomic mass is 16.6. The van der Waals surface area contributed by atoms with Crippen LogP contribution in [0.1, 0.15) is 11.3 Å². The lowest BCUT2D eigenvalue weighted by atomic mass is 10.2. The molecule has 0 aliphatic rings. The highest BCUT2D eigenvalue weighted by Gasteiger charge is 2.01. The van der Waals surface area contributed by atoms with Crippen molar-refractivity contribution in [3.63, 3.8) is 0 Å². The van der Waals surface area contributed by atoms with E-state index in [0.29, 0.717) is 12.3 Å². The molecule has 0 atom stereocenters. The maximum absolute atomic E-state index is 11.8. The van der Waals surface area contributed by atoms with Crippen molar-refractivity contribution in [2.24, 2.45) is 0 Å². The molecule has 0 fully saturated rings. The minimum atomic E-state index is -0.441. The first-order valence-corrected chi connectivity index (χ1v) is 7.33. The van der Waals surface area contributed by atoms with Gasteiger partial charge in [0.05, 0.1) is 19.3 Å². The number of carbonyl (C=O) groups is 2. The van der Waals surface area contributed by atoms with Gasteiger partial charge in [0, 0.05) is 12.3 Å². The fourth-order valence-electron chi connectivity index (χ4n) is 1.79. The molecular weight excluding hydrogens is 308 g/mol. The Morgan fingerprint density at radius 3 is 2.62 bits per heavy atom. The second kappa shape index (κ2) is 9.09. The summed E-state index contributed by atoms with van der Waals surface area (Å²) in [5, 5.41) is 2.76. The molecule has 0 spiro atoms. The Balaban J connectivity index is 1.80. The summed E-state index contributed by atoms with van der Waals surface area (Å²) in [5.41, 5.74) is 1.64. The molecule has 2 aromatic rings. The van der Waals surface area contributed by atoms with Crippen molar-refractivity contribution in [1.82, 2.24) is 10.3 Å². The summed E-state index contributed by atoms with van der Waals surface area (Å²) in [7, 11) is 1.30. The van der Waals surface area contributed by atoms with Crippen LogP contribution < -0.4 is 10.1 Å². The lowest BCUT2D eigenvalue weighted by Gasteiger charge is -2.04. The number of hydrogen-bond donors (Lipinski definition) is 1. The summed E-state index contributed by atoms with van der Waals surface area (Å²) >= 11 is 0. The van der Waals surface area contributed by atoms with E-state index in [9.17, 15) is 9.59 Å². The first kappa shape index (κ1) is 17.2. The highest BCUT2D eigenvalue weighted by Crippen LogP contribution is 2.13. The quantitative estimate of drug-likeness (QED) is 0.622. The van der Waals surface area contributed by atoms with Crippen LogP contribution in [0, 0.1) is 0 Å². The van der Waals surface area contributed by atoms with Crippen molar-refractivity contribution < 1.29 is 19.1 Å². The number of nitrogens with zero attached hydrogens (tertiary/aromatic N) is 1. The van der Waals surface area contributed by atoms with Gasteiger partial charge in [-0.25, -0.2) is 4.79 Å². The van der Waals surface area contributed by atoms with E-state index in [1.54, 1.807) is 36.5 Å². The monoisotopic (exact) mass is 326 g/mol. The molecule has 1 N–H and O–H groups in total. The van der Waals surface area contributed by atoms with Crippen LogP contribution in [0.3, 0.4) is 0 Å².